The third kappa shape index (κ3) is 4.85. The molecule has 0 spiro atoms. The van der Waals surface area contributed by atoms with Crippen LogP contribution in [0.4, 0.5) is 5.69 Å². The van der Waals surface area contributed by atoms with Crippen molar-refractivity contribution in [3.8, 4) is 0 Å². The summed E-state index contributed by atoms with van der Waals surface area (Å²) in [4.78, 5) is 36.4. The van der Waals surface area contributed by atoms with Crippen LogP contribution in [0.3, 0.4) is 0 Å². The zero-order valence-electron chi connectivity index (χ0n) is 14.6. The number of amides is 1. The molecule has 2 aromatic rings. The van der Waals surface area contributed by atoms with Gasteiger partial charge in [0.2, 0.25) is 0 Å². The van der Waals surface area contributed by atoms with E-state index in [9.17, 15) is 19.7 Å². The van der Waals surface area contributed by atoms with Crippen LogP contribution in [0.25, 0.3) is 0 Å². The number of nitro groups is 1. The van der Waals surface area contributed by atoms with Gasteiger partial charge in [0.15, 0.2) is 6.61 Å². The number of thioether (sulfide) groups is 1. The number of carbonyl (C=O) groups is 2. The lowest BCUT2D eigenvalue weighted by Crippen LogP contribution is -2.30. The number of hydrogen-bond donors (Lipinski definition) is 0. The molecule has 1 heterocycles. The van der Waals surface area contributed by atoms with Gasteiger partial charge in [-0.15, -0.1) is 11.8 Å². The Morgan fingerprint density at radius 3 is 2.62 bits per heavy atom. The number of nitro benzene ring substituents is 1. The van der Waals surface area contributed by atoms with E-state index in [4.69, 9.17) is 9.15 Å². The zero-order valence-corrected chi connectivity index (χ0v) is 15.4. The molecule has 0 fully saturated rings. The van der Waals surface area contributed by atoms with Crippen molar-refractivity contribution in [1.29, 1.82) is 0 Å². The SMILES string of the molecule is CSc1ccc(C(=O)OCC(=O)N(C)Cc2ccc(C)o2)cc1[N+](=O)[O-]. The lowest BCUT2D eigenvalue weighted by Gasteiger charge is -2.15. The average Bonchev–Trinajstić information content (AvgIpc) is 3.03. The number of rotatable bonds is 7. The number of furan rings is 1. The van der Waals surface area contributed by atoms with Gasteiger partial charge in [0.25, 0.3) is 11.6 Å². The molecule has 1 amide bonds. The highest BCUT2D eigenvalue weighted by Crippen LogP contribution is 2.28. The van der Waals surface area contributed by atoms with Gasteiger partial charge in [-0.05, 0) is 37.4 Å². The summed E-state index contributed by atoms with van der Waals surface area (Å²) in [5, 5.41) is 11.1. The van der Waals surface area contributed by atoms with Crippen molar-refractivity contribution in [2.24, 2.45) is 0 Å². The van der Waals surface area contributed by atoms with Crippen molar-refractivity contribution in [3.05, 3.63) is 57.5 Å². The molecule has 0 aliphatic carbocycles. The Bertz CT molecular complexity index is 832. The summed E-state index contributed by atoms with van der Waals surface area (Å²) >= 11 is 1.21. The number of hydrogen-bond acceptors (Lipinski definition) is 7. The fraction of sp³-hybridized carbons (Fsp3) is 0.294. The van der Waals surface area contributed by atoms with Crippen LogP contribution in [0.5, 0.6) is 0 Å². The summed E-state index contributed by atoms with van der Waals surface area (Å²) in [5.41, 5.74) is -0.157. The molecule has 0 N–H and O–H groups in total. The van der Waals surface area contributed by atoms with E-state index in [-0.39, 0.29) is 17.8 Å². The van der Waals surface area contributed by atoms with Crippen LogP contribution in [0.2, 0.25) is 0 Å². The summed E-state index contributed by atoms with van der Waals surface area (Å²) in [6.45, 7) is 1.58. The number of aryl methyl sites for hydroxylation is 1. The smallest absolute Gasteiger partial charge is 0.338 e. The quantitative estimate of drug-likeness (QED) is 0.316. The van der Waals surface area contributed by atoms with Crippen molar-refractivity contribution in [1.82, 2.24) is 4.90 Å². The van der Waals surface area contributed by atoms with E-state index < -0.39 is 23.4 Å². The van der Waals surface area contributed by atoms with E-state index in [0.29, 0.717) is 10.7 Å². The molecular formula is C17H18N2O6S. The first-order valence-corrected chi connectivity index (χ1v) is 8.83. The van der Waals surface area contributed by atoms with Crippen molar-refractivity contribution < 1.29 is 23.7 Å². The molecule has 1 aromatic carbocycles. The minimum atomic E-state index is -0.795. The Labute approximate surface area is 154 Å². The Kier molecular flexibility index (Phi) is 6.40. The number of esters is 1. The third-order valence-corrected chi connectivity index (χ3v) is 4.34. The van der Waals surface area contributed by atoms with Gasteiger partial charge in [0, 0.05) is 13.1 Å². The molecule has 26 heavy (non-hydrogen) atoms. The highest BCUT2D eigenvalue weighted by molar-refractivity contribution is 7.98. The highest BCUT2D eigenvalue weighted by Gasteiger charge is 2.19. The van der Waals surface area contributed by atoms with Crippen LogP contribution in [0.15, 0.2) is 39.6 Å². The average molecular weight is 378 g/mol. The Balaban J connectivity index is 1.96. The number of carbonyl (C=O) groups excluding carboxylic acids is 2. The Morgan fingerprint density at radius 2 is 2.04 bits per heavy atom. The summed E-state index contributed by atoms with van der Waals surface area (Å²) in [6.07, 6.45) is 1.70. The second-order valence-corrected chi connectivity index (χ2v) is 6.33. The number of likely N-dealkylation sites (N-methyl/N-ethyl adjacent to an activating group) is 1. The summed E-state index contributed by atoms with van der Waals surface area (Å²) in [6, 6.07) is 7.61. The monoisotopic (exact) mass is 378 g/mol. The van der Waals surface area contributed by atoms with Gasteiger partial charge in [0.1, 0.15) is 11.5 Å². The molecule has 0 bridgehead atoms. The predicted octanol–water partition coefficient (Wildman–Crippen LogP) is 3.03. The molecule has 138 valence electrons. The van der Waals surface area contributed by atoms with Crippen molar-refractivity contribution >= 4 is 29.3 Å². The fourth-order valence-corrected chi connectivity index (χ4v) is 2.72. The van der Waals surface area contributed by atoms with Crippen LogP contribution < -0.4 is 0 Å². The molecule has 0 atom stereocenters. The van der Waals surface area contributed by atoms with E-state index in [1.165, 1.54) is 28.8 Å². The van der Waals surface area contributed by atoms with Crippen LogP contribution in [0, 0.1) is 17.0 Å². The fourth-order valence-electron chi connectivity index (χ4n) is 2.17. The van der Waals surface area contributed by atoms with Crippen LogP contribution in [0.1, 0.15) is 21.9 Å². The molecule has 8 nitrogen and oxygen atoms in total. The van der Waals surface area contributed by atoms with E-state index in [2.05, 4.69) is 0 Å². The Morgan fingerprint density at radius 1 is 1.31 bits per heavy atom. The molecule has 1 aromatic heterocycles. The molecule has 0 radical (unpaired) electrons. The topological polar surface area (TPSA) is 103 Å². The zero-order chi connectivity index (χ0) is 19.3. The van der Waals surface area contributed by atoms with E-state index in [1.54, 1.807) is 32.4 Å². The van der Waals surface area contributed by atoms with Gasteiger partial charge in [-0.1, -0.05) is 0 Å². The lowest BCUT2D eigenvalue weighted by molar-refractivity contribution is -0.387. The third-order valence-electron chi connectivity index (χ3n) is 3.55. The number of nitrogens with zero attached hydrogens (tertiary/aromatic N) is 2. The minimum Gasteiger partial charge on any atom is -0.464 e. The molecule has 0 saturated carbocycles. The van der Waals surface area contributed by atoms with Crippen molar-refractivity contribution in [2.75, 3.05) is 19.9 Å². The molecule has 0 aliphatic rings. The van der Waals surface area contributed by atoms with Gasteiger partial charge >= 0.3 is 5.97 Å². The maximum Gasteiger partial charge on any atom is 0.338 e. The van der Waals surface area contributed by atoms with Crippen LogP contribution in [-0.4, -0.2) is 41.6 Å². The molecule has 0 aliphatic heterocycles. The van der Waals surface area contributed by atoms with Gasteiger partial charge in [0.05, 0.1) is 21.9 Å². The number of ether oxygens (including phenoxy) is 1. The largest absolute Gasteiger partial charge is 0.464 e. The molecule has 9 heteroatoms. The normalized spacial score (nSPS) is 10.4. The second-order valence-electron chi connectivity index (χ2n) is 5.48. The van der Waals surface area contributed by atoms with Gasteiger partial charge in [-0.25, -0.2) is 4.79 Å². The van der Waals surface area contributed by atoms with Gasteiger partial charge in [-0.2, -0.15) is 0 Å². The van der Waals surface area contributed by atoms with E-state index >= 15 is 0 Å². The van der Waals surface area contributed by atoms with Gasteiger partial charge in [-0.3, -0.25) is 14.9 Å². The predicted molar refractivity (Wildman–Crippen MR) is 95.1 cm³/mol. The van der Waals surface area contributed by atoms with Gasteiger partial charge < -0.3 is 14.1 Å². The first-order valence-electron chi connectivity index (χ1n) is 7.60. The second kappa shape index (κ2) is 8.52. The first kappa shape index (κ1) is 19.5. The summed E-state index contributed by atoms with van der Waals surface area (Å²) in [7, 11) is 1.56. The maximum atomic E-state index is 12.1. The molecule has 2 rings (SSSR count). The molecule has 0 unspecified atom stereocenters. The summed E-state index contributed by atoms with van der Waals surface area (Å²) in [5.74, 6) is 0.148. The lowest BCUT2D eigenvalue weighted by atomic mass is 10.2. The van der Waals surface area contributed by atoms with E-state index in [0.717, 1.165) is 11.8 Å². The van der Waals surface area contributed by atoms with Crippen LogP contribution in [-0.2, 0) is 16.1 Å². The molecule has 0 saturated heterocycles. The number of benzene rings is 1. The molecular weight excluding hydrogens is 360 g/mol. The standard InChI is InChI=1S/C17H18N2O6S/c1-11-4-6-13(25-11)9-18(2)16(20)10-24-17(21)12-5-7-15(26-3)14(8-12)19(22)23/h4-8H,9-10H2,1-3H3. The summed E-state index contributed by atoms with van der Waals surface area (Å²) < 4.78 is 10.4. The first-order chi connectivity index (χ1) is 12.3. The van der Waals surface area contributed by atoms with Crippen molar-refractivity contribution in [2.45, 2.75) is 18.4 Å². The minimum absolute atomic E-state index is 0.0200. The maximum absolute atomic E-state index is 12.1. The van der Waals surface area contributed by atoms with Crippen LogP contribution >= 0.6 is 11.8 Å². The highest BCUT2D eigenvalue weighted by atomic mass is 32.2. The Hall–Kier alpha value is -2.81. The van der Waals surface area contributed by atoms with Crippen molar-refractivity contribution in [3.63, 3.8) is 0 Å². The van der Waals surface area contributed by atoms with E-state index in [1.807, 2.05) is 0 Å².